The summed E-state index contributed by atoms with van der Waals surface area (Å²) in [6, 6.07) is 3.93. The van der Waals surface area contributed by atoms with Crippen LogP contribution in [0.2, 0.25) is 0 Å². The molecular weight excluding hydrogens is 242 g/mol. The van der Waals surface area contributed by atoms with Crippen molar-refractivity contribution in [3.05, 3.63) is 17.8 Å². The maximum absolute atomic E-state index is 12.4. The molecule has 6 heteroatoms. The molecule has 1 aliphatic heterocycles. The van der Waals surface area contributed by atoms with Crippen molar-refractivity contribution in [2.75, 3.05) is 39.5 Å². The first-order chi connectivity index (χ1) is 9.11. The van der Waals surface area contributed by atoms with E-state index in [9.17, 15) is 4.79 Å². The Bertz CT molecular complexity index is 431. The molecule has 2 rings (SSSR count). The van der Waals surface area contributed by atoms with E-state index in [1.807, 2.05) is 4.90 Å². The standard InChI is InChI=1S/C13H21N5O/c1-14-12-7-6-11(15-16-12)13(19)18-8-4-5-10(9-18)17(2)3/h6-7,10H,4-5,8-9H2,1-3H3,(H,14,16). The number of nitrogens with zero attached hydrogens (tertiary/aromatic N) is 4. The number of nitrogens with one attached hydrogen (secondary N) is 1. The second kappa shape index (κ2) is 5.97. The summed E-state index contributed by atoms with van der Waals surface area (Å²) in [7, 11) is 5.89. The van der Waals surface area contributed by atoms with Gasteiger partial charge in [-0.15, -0.1) is 10.2 Å². The quantitative estimate of drug-likeness (QED) is 0.869. The molecular formula is C13H21N5O. The lowest BCUT2D eigenvalue weighted by atomic mass is 10.0. The summed E-state index contributed by atoms with van der Waals surface area (Å²) in [6.45, 7) is 1.57. The van der Waals surface area contributed by atoms with Crippen molar-refractivity contribution < 1.29 is 4.79 Å². The highest BCUT2D eigenvalue weighted by atomic mass is 16.2. The van der Waals surface area contributed by atoms with Crippen LogP contribution in [0.25, 0.3) is 0 Å². The van der Waals surface area contributed by atoms with E-state index in [1.165, 1.54) is 0 Å². The number of anilines is 1. The van der Waals surface area contributed by atoms with Crippen molar-refractivity contribution in [3.8, 4) is 0 Å². The third kappa shape index (κ3) is 3.20. The third-order valence-electron chi connectivity index (χ3n) is 3.55. The van der Waals surface area contributed by atoms with Crippen LogP contribution in [0.15, 0.2) is 12.1 Å². The van der Waals surface area contributed by atoms with Crippen LogP contribution in [0.5, 0.6) is 0 Å². The van der Waals surface area contributed by atoms with Gasteiger partial charge in [-0.25, -0.2) is 0 Å². The smallest absolute Gasteiger partial charge is 0.274 e. The van der Waals surface area contributed by atoms with Gasteiger partial charge in [0, 0.05) is 26.2 Å². The number of rotatable bonds is 3. The molecule has 0 spiro atoms. The van der Waals surface area contributed by atoms with Crippen molar-refractivity contribution in [2.24, 2.45) is 0 Å². The van der Waals surface area contributed by atoms with Crippen LogP contribution in [-0.4, -0.2) is 66.2 Å². The molecule has 1 amide bonds. The molecule has 1 N–H and O–H groups in total. The molecule has 1 atom stereocenters. The highest BCUT2D eigenvalue weighted by Crippen LogP contribution is 2.15. The Morgan fingerprint density at radius 3 is 2.79 bits per heavy atom. The van der Waals surface area contributed by atoms with Crippen LogP contribution in [0.3, 0.4) is 0 Å². The Hall–Kier alpha value is -1.69. The van der Waals surface area contributed by atoms with Gasteiger partial charge >= 0.3 is 0 Å². The summed E-state index contributed by atoms with van der Waals surface area (Å²) in [5, 5.41) is 10.8. The van der Waals surface area contributed by atoms with Crippen molar-refractivity contribution in [1.82, 2.24) is 20.0 Å². The number of likely N-dealkylation sites (N-methyl/N-ethyl adjacent to an activating group) is 1. The number of hydrogen-bond acceptors (Lipinski definition) is 5. The molecule has 1 fully saturated rings. The predicted molar refractivity (Wildman–Crippen MR) is 74.2 cm³/mol. The number of carbonyl (C=O) groups is 1. The number of aromatic nitrogens is 2. The zero-order chi connectivity index (χ0) is 13.8. The first-order valence-corrected chi connectivity index (χ1v) is 6.59. The van der Waals surface area contributed by atoms with E-state index in [1.54, 1.807) is 19.2 Å². The summed E-state index contributed by atoms with van der Waals surface area (Å²) in [4.78, 5) is 16.4. The van der Waals surface area contributed by atoms with Gasteiger partial charge in [0.2, 0.25) is 0 Å². The molecule has 1 aromatic heterocycles. The summed E-state index contributed by atoms with van der Waals surface area (Å²) in [6.07, 6.45) is 2.18. The highest BCUT2D eigenvalue weighted by molar-refractivity contribution is 5.92. The normalized spacial score (nSPS) is 19.6. The topological polar surface area (TPSA) is 61.4 Å². The van der Waals surface area contributed by atoms with E-state index in [2.05, 4.69) is 34.5 Å². The molecule has 0 aromatic carbocycles. The lowest BCUT2D eigenvalue weighted by Gasteiger charge is -2.35. The minimum atomic E-state index is -0.0262. The molecule has 6 nitrogen and oxygen atoms in total. The van der Waals surface area contributed by atoms with Gasteiger partial charge in [0.1, 0.15) is 5.82 Å². The van der Waals surface area contributed by atoms with E-state index in [0.29, 0.717) is 17.6 Å². The SMILES string of the molecule is CNc1ccc(C(=O)N2CCCC(N(C)C)C2)nn1. The van der Waals surface area contributed by atoms with Gasteiger partial charge in [-0.1, -0.05) is 0 Å². The third-order valence-corrected chi connectivity index (χ3v) is 3.55. The molecule has 104 valence electrons. The van der Waals surface area contributed by atoms with Gasteiger partial charge in [-0.05, 0) is 39.1 Å². The van der Waals surface area contributed by atoms with Gasteiger partial charge in [-0.2, -0.15) is 0 Å². The highest BCUT2D eigenvalue weighted by Gasteiger charge is 2.26. The average Bonchev–Trinajstić information content (AvgIpc) is 2.46. The fraction of sp³-hybridized carbons (Fsp3) is 0.615. The lowest BCUT2D eigenvalue weighted by Crippen LogP contribution is -2.47. The van der Waals surface area contributed by atoms with E-state index < -0.39 is 0 Å². The number of likely N-dealkylation sites (tertiary alicyclic amines) is 1. The maximum Gasteiger partial charge on any atom is 0.274 e. The molecule has 1 saturated heterocycles. The van der Waals surface area contributed by atoms with E-state index in [-0.39, 0.29) is 5.91 Å². The van der Waals surface area contributed by atoms with Crippen molar-refractivity contribution >= 4 is 11.7 Å². The maximum atomic E-state index is 12.4. The first-order valence-electron chi connectivity index (χ1n) is 6.59. The van der Waals surface area contributed by atoms with Gasteiger partial charge in [0.05, 0.1) is 0 Å². The van der Waals surface area contributed by atoms with E-state index in [0.717, 1.165) is 25.9 Å². The molecule has 1 unspecified atom stereocenters. The van der Waals surface area contributed by atoms with Crippen LogP contribution in [0, 0.1) is 0 Å². The van der Waals surface area contributed by atoms with E-state index in [4.69, 9.17) is 0 Å². The molecule has 0 radical (unpaired) electrons. The molecule has 2 heterocycles. The van der Waals surface area contributed by atoms with E-state index >= 15 is 0 Å². The minimum absolute atomic E-state index is 0.0262. The molecule has 1 aliphatic rings. The number of carbonyl (C=O) groups excluding carboxylic acids is 1. The summed E-state index contributed by atoms with van der Waals surface area (Å²) in [5.74, 6) is 0.642. The molecule has 0 aliphatic carbocycles. The van der Waals surface area contributed by atoms with Crippen molar-refractivity contribution in [2.45, 2.75) is 18.9 Å². The van der Waals surface area contributed by atoms with Crippen molar-refractivity contribution in [3.63, 3.8) is 0 Å². The Morgan fingerprint density at radius 1 is 1.42 bits per heavy atom. The van der Waals surface area contributed by atoms with Crippen LogP contribution in [-0.2, 0) is 0 Å². The summed E-state index contributed by atoms with van der Waals surface area (Å²) in [5.41, 5.74) is 0.415. The molecule has 0 bridgehead atoms. The predicted octanol–water partition coefficient (Wildman–Crippen LogP) is 0.684. The largest absolute Gasteiger partial charge is 0.372 e. The lowest BCUT2D eigenvalue weighted by molar-refractivity contribution is 0.0628. The monoisotopic (exact) mass is 263 g/mol. The average molecular weight is 263 g/mol. The zero-order valence-electron chi connectivity index (χ0n) is 11.8. The Morgan fingerprint density at radius 2 is 2.21 bits per heavy atom. The number of amides is 1. The van der Waals surface area contributed by atoms with Crippen LogP contribution in [0.1, 0.15) is 23.3 Å². The van der Waals surface area contributed by atoms with Gasteiger partial charge in [0.15, 0.2) is 5.69 Å². The second-order valence-electron chi connectivity index (χ2n) is 5.06. The molecule has 1 aromatic rings. The number of piperidine rings is 1. The number of hydrogen-bond donors (Lipinski definition) is 1. The van der Waals surface area contributed by atoms with Gasteiger partial charge in [-0.3, -0.25) is 4.79 Å². The van der Waals surface area contributed by atoms with Gasteiger partial charge < -0.3 is 15.1 Å². The Balaban J connectivity index is 2.05. The first kappa shape index (κ1) is 13.7. The Labute approximate surface area is 113 Å². The minimum Gasteiger partial charge on any atom is -0.372 e. The zero-order valence-corrected chi connectivity index (χ0v) is 11.8. The molecule has 0 saturated carbocycles. The van der Waals surface area contributed by atoms with Gasteiger partial charge in [0.25, 0.3) is 5.91 Å². The van der Waals surface area contributed by atoms with Crippen LogP contribution in [0.4, 0.5) is 5.82 Å². The second-order valence-corrected chi connectivity index (χ2v) is 5.06. The fourth-order valence-corrected chi connectivity index (χ4v) is 2.30. The fourth-order valence-electron chi connectivity index (χ4n) is 2.30. The van der Waals surface area contributed by atoms with Crippen LogP contribution < -0.4 is 5.32 Å². The summed E-state index contributed by atoms with van der Waals surface area (Å²) >= 11 is 0. The summed E-state index contributed by atoms with van der Waals surface area (Å²) < 4.78 is 0. The molecule has 19 heavy (non-hydrogen) atoms. The Kier molecular flexibility index (Phi) is 4.31. The van der Waals surface area contributed by atoms with Crippen molar-refractivity contribution in [1.29, 1.82) is 0 Å². The van der Waals surface area contributed by atoms with Crippen LogP contribution >= 0.6 is 0 Å².